The summed E-state index contributed by atoms with van der Waals surface area (Å²) in [7, 11) is 0. The predicted octanol–water partition coefficient (Wildman–Crippen LogP) is 3.32. The first kappa shape index (κ1) is 19.4. The minimum atomic E-state index is -1.10. The van der Waals surface area contributed by atoms with Gasteiger partial charge in [-0.15, -0.1) is 0 Å². The molecule has 0 spiro atoms. The summed E-state index contributed by atoms with van der Waals surface area (Å²) in [4.78, 5) is 22.8. The van der Waals surface area contributed by atoms with Gasteiger partial charge in [-0.25, -0.2) is 4.39 Å². The largest absolute Gasteiger partial charge is 0.481 e. The van der Waals surface area contributed by atoms with Crippen LogP contribution in [0.4, 0.5) is 4.39 Å². The minimum absolute atomic E-state index is 0.0617. The molecule has 0 aliphatic rings. The number of hydrogen-bond donors (Lipinski definition) is 2. The Balaban J connectivity index is 2.62. The van der Waals surface area contributed by atoms with Gasteiger partial charge in [-0.1, -0.05) is 37.4 Å². The molecule has 0 radical (unpaired) electrons. The average molecular weight is 346 g/mol. The Labute approximate surface area is 139 Å². The number of unbranched alkanes of at least 4 members (excludes halogenated alkanes) is 2. The lowest BCUT2D eigenvalue weighted by atomic mass is 10.0. The van der Waals surface area contributed by atoms with Gasteiger partial charge in [0, 0.05) is 6.61 Å². The molecule has 1 rings (SSSR count). The molecule has 1 unspecified atom stereocenters. The Morgan fingerprint density at radius 1 is 1.39 bits per heavy atom. The van der Waals surface area contributed by atoms with Crippen LogP contribution in [-0.2, 0) is 14.3 Å². The van der Waals surface area contributed by atoms with Gasteiger partial charge in [0.15, 0.2) is 0 Å². The molecule has 0 heterocycles. The van der Waals surface area contributed by atoms with E-state index in [9.17, 15) is 14.0 Å². The van der Waals surface area contributed by atoms with Crippen LogP contribution >= 0.6 is 11.6 Å². The van der Waals surface area contributed by atoms with Crippen LogP contribution in [0.25, 0.3) is 0 Å². The van der Waals surface area contributed by atoms with Crippen LogP contribution in [0.2, 0.25) is 5.02 Å². The molecular formula is C16H21ClFNO4. The molecule has 128 valence electrons. The van der Waals surface area contributed by atoms with Gasteiger partial charge >= 0.3 is 5.97 Å². The number of aliphatic carboxylic acids is 1. The average Bonchev–Trinajstić information content (AvgIpc) is 2.48. The number of carboxylic acids is 1. The Bertz CT molecular complexity index is 539. The maximum absolute atomic E-state index is 13.5. The van der Waals surface area contributed by atoms with Crippen molar-refractivity contribution in [1.29, 1.82) is 0 Å². The van der Waals surface area contributed by atoms with Crippen LogP contribution in [0.3, 0.4) is 0 Å². The van der Waals surface area contributed by atoms with E-state index in [0.29, 0.717) is 12.2 Å². The molecule has 0 bridgehead atoms. The normalized spacial score (nSPS) is 12.0. The van der Waals surface area contributed by atoms with Crippen molar-refractivity contribution in [2.24, 2.45) is 0 Å². The molecule has 0 saturated heterocycles. The van der Waals surface area contributed by atoms with Crippen molar-refractivity contribution in [3.05, 3.63) is 34.6 Å². The van der Waals surface area contributed by atoms with Crippen LogP contribution in [0, 0.1) is 5.82 Å². The SMILES string of the molecule is CCCCCOCC(=O)NC(CC(=O)O)c1ccc(Cl)c(F)c1. The number of carbonyl (C=O) groups is 2. The number of carbonyl (C=O) groups excluding carboxylic acids is 1. The lowest BCUT2D eigenvalue weighted by Crippen LogP contribution is -2.33. The number of rotatable bonds is 10. The van der Waals surface area contributed by atoms with Crippen molar-refractivity contribution >= 4 is 23.5 Å². The van der Waals surface area contributed by atoms with E-state index < -0.39 is 23.7 Å². The monoisotopic (exact) mass is 345 g/mol. The van der Waals surface area contributed by atoms with Crippen molar-refractivity contribution in [2.45, 2.75) is 38.6 Å². The minimum Gasteiger partial charge on any atom is -0.481 e. The molecule has 2 N–H and O–H groups in total. The molecule has 1 aromatic carbocycles. The summed E-state index contributed by atoms with van der Waals surface area (Å²) in [6.45, 7) is 2.38. The highest BCUT2D eigenvalue weighted by molar-refractivity contribution is 6.30. The van der Waals surface area contributed by atoms with E-state index in [-0.39, 0.29) is 18.1 Å². The summed E-state index contributed by atoms with van der Waals surface area (Å²) in [5.41, 5.74) is 0.341. The molecule has 5 nitrogen and oxygen atoms in total. The Morgan fingerprint density at radius 3 is 2.74 bits per heavy atom. The van der Waals surface area contributed by atoms with Gasteiger partial charge in [0.05, 0.1) is 17.5 Å². The number of nitrogens with one attached hydrogen (secondary N) is 1. The lowest BCUT2D eigenvalue weighted by molar-refractivity contribution is -0.138. The quantitative estimate of drug-likeness (QED) is 0.638. The number of hydrogen-bond acceptors (Lipinski definition) is 3. The fraction of sp³-hybridized carbons (Fsp3) is 0.500. The summed E-state index contributed by atoms with van der Waals surface area (Å²) in [6, 6.07) is 3.10. The van der Waals surface area contributed by atoms with Crippen molar-refractivity contribution in [3.63, 3.8) is 0 Å². The highest BCUT2D eigenvalue weighted by Gasteiger charge is 2.19. The van der Waals surface area contributed by atoms with E-state index in [0.717, 1.165) is 25.3 Å². The van der Waals surface area contributed by atoms with Crippen LogP contribution in [0.1, 0.15) is 44.2 Å². The van der Waals surface area contributed by atoms with E-state index in [2.05, 4.69) is 12.2 Å². The molecule has 7 heteroatoms. The first-order valence-corrected chi connectivity index (χ1v) is 7.85. The Hall–Kier alpha value is -1.66. The second kappa shape index (κ2) is 10.2. The second-order valence-corrected chi connectivity index (χ2v) is 5.56. The smallest absolute Gasteiger partial charge is 0.305 e. The van der Waals surface area contributed by atoms with Gasteiger partial charge in [-0.05, 0) is 24.1 Å². The first-order valence-electron chi connectivity index (χ1n) is 7.48. The molecule has 0 fully saturated rings. The third kappa shape index (κ3) is 7.43. The third-order valence-electron chi connectivity index (χ3n) is 3.19. The van der Waals surface area contributed by atoms with Crippen molar-refractivity contribution in [3.8, 4) is 0 Å². The van der Waals surface area contributed by atoms with Gasteiger partial charge in [0.1, 0.15) is 12.4 Å². The van der Waals surface area contributed by atoms with Crippen molar-refractivity contribution in [1.82, 2.24) is 5.32 Å². The Morgan fingerprint density at radius 2 is 2.13 bits per heavy atom. The van der Waals surface area contributed by atoms with Crippen LogP contribution in [0.15, 0.2) is 18.2 Å². The van der Waals surface area contributed by atoms with E-state index in [1.165, 1.54) is 12.1 Å². The number of amides is 1. The molecule has 0 saturated carbocycles. The molecule has 0 aliphatic carbocycles. The molecule has 0 aliphatic heterocycles. The summed E-state index contributed by atoms with van der Waals surface area (Å²) in [5, 5.41) is 11.4. The van der Waals surface area contributed by atoms with Crippen molar-refractivity contribution in [2.75, 3.05) is 13.2 Å². The molecule has 1 amide bonds. The highest BCUT2D eigenvalue weighted by atomic mass is 35.5. The summed E-state index contributed by atoms with van der Waals surface area (Å²) < 4.78 is 18.7. The van der Waals surface area contributed by atoms with Gasteiger partial charge in [-0.3, -0.25) is 9.59 Å². The number of carboxylic acid groups (broad SMARTS) is 1. The zero-order valence-corrected chi connectivity index (χ0v) is 13.7. The van der Waals surface area contributed by atoms with E-state index in [1.54, 1.807) is 0 Å². The van der Waals surface area contributed by atoms with Gasteiger partial charge in [-0.2, -0.15) is 0 Å². The zero-order chi connectivity index (χ0) is 17.2. The third-order valence-corrected chi connectivity index (χ3v) is 3.49. The maximum Gasteiger partial charge on any atom is 0.305 e. The standard InChI is InChI=1S/C16H21ClFNO4/c1-2-3-4-7-23-10-15(20)19-14(9-16(21)22)11-5-6-12(17)13(18)8-11/h5-6,8,14H,2-4,7,9-10H2,1H3,(H,19,20)(H,21,22). The fourth-order valence-corrected chi connectivity index (χ4v) is 2.13. The van der Waals surface area contributed by atoms with Gasteiger partial charge in [0.25, 0.3) is 0 Å². The highest BCUT2D eigenvalue weighted by Crippen LogP contribution is 2.22. The zero-order valence-electron chi connectivity index (χ0n) is 13.0. The van der Waals surface area contributed by atoms with Gasteiger partial charge < -0.3 is 15.2 Å². The Kier molecular flexibility index (Phi) is 8.58. The molecule has 1 aromatic rings. The van der Waals surface area contributed by atoms with Crippen LogP contribution in [-0.4, -0.2) is 30.2 Å². The van der Waals surface area contributed by atoms with E-state index >= 15 is 0 Å². The predicted molar refractivity (Wildman–Crippen MR) is 84.9 cm³/mol. The summed E-state index contributed by atoms with van der Waals surface area (Å²) >= 11 is 5.61. The number of benzene rings is 1. The lowest BCUT2D eigenvalue weighted by Gasteiger charge is -2.18. The van der Waals surface area contributed by atoms with Gasteiger partial charge in [0.2, 0.25) is 5.91 Å². The van der Waals surface area contributed by atoms with Crippen molar-refractivity contribution < 1.29 is 23.8 Å². The maximum atomic E-state index is 13.5. The summed E-state index contributed by atoms with van der Waals surface area (Å²) in [5.74, 6) is -2.21. The second-order valence-electron chi connectivity index (χ2n) is 5.15. The number of halogens is 2. The molecular weight excluding hydrogens is 325 g/mol. The van der Waals surface area contributed by atoms with Crippen LogP contribution < -0.4 is 5.32 Å². The van der Waals surface area contributed by atoms with E-state index in [4.69, 9.17) is 21.4 Å². The fourth-order valence-electron chi connectivity index (χ4n) is 2.01. The topological polar surface area (TPSA) is 75.6 Å². The first-order chi connectivity index (χ1) is 10.9. The molecule has 0 aromatic heterocycles. The van der Waals surface area contributed by atoms with E-state index in [1.807, 2.05) is 0 Å². The number of ether oxygens (including phenoxy) is 1. The molecule has 23 heavy (non-hydrogen) atoms. The molecule has 1 atom stereocenters. The summed E-state index contributed by atoms with van der Waals surface area (Å²) in [6.07, 6.45) is 2.58. The van der Waals surface area contributed by atoms with Crippen LogP contribution in [0.5, 0.6) is 0 Å².